The van der Waals surface area contributed by atoms with E-state index in [-0.39, 0.29) is 0 Å². The summed E-state index contributed by atoms with van der Waals surface area (Å²) in [6, 6.07) is 63.4. The monoisotopic (exact) mass is 692 g/mol. The molecule has 6 heteroatoms. The van der Waals surface area contributed by atoms with Crippen molar-refractivity contribution in [2.45, 2.75) is 0 Å². The van der Waals surface area contributed by atoms with Gasteiger partial charge in [0.15, 0.2) is 17.5 Å². The van der Waals surface area contributed by atoms with Crippen LogP contribution in [0.2, 0.25) is 0 Å². The van der Waals surface area contributed by atoms with Crippen molar-refractivity contribution in [3.8, 4) is 90.5 Å². The van der Waals surface area contributed by atoms with E-state index in [1.807, 2.05) is 127 Å². The predicted molar refractivity (Wildman–Crippen MR) is 217 cm³/mol. The fourth-order valence-corrected chi connectivity index (χ4v) is 6.45. The van der Waals surface area contributed by atoms with Gasteiger partial charge in [-0.15, -0.1) is 0 Å². The van der Waals surface area contributed by atoms with Gasteiger partial charge in [0.2, 0.25) is 0 Å². The molecule has 0 aliphatic carbocycles. The minimum atomic E-state index is 0.623. The van der Waals surface area contributed by atoms with Crippen LogP contribution in [0.25, 0.3) is 90.5 Å². The molecular formula is C48H32N6. The van der Waals surface area contributed by atoms with Crippen LogP contribution in [0.3, 0.4) is 0 Å². The Morgan fingerprint density at radius 1 is 0.222 bits per heavy atom. The van der Waals surface area contributed by atoms with Gasteiger partial charge in [-0.3, -0.25) is 4.98 Å². The van der Waals surface area contributed by atoms with Gasteiger partial charge >= 0.3 is 0 Å². The molecule has 9 rings (SSSR count). The number of hydrogen-bond donors (Lipinski definition) is 0. The summed E-state index contributed by atoms with van der Waals surface area (Å²) in [4.78, 5) is 29.4. The molecule has 0 spiro atoms. The van der Waals surface area contributed by atoms with Gasteiger partial charge in [-0.1, -0.05) is 146 Å². The molecule has 0 fully saturated rings. The maximum atomic E-state index is 5.10. The predicted octanol–water partition coefficient (Wildman–Crippen LogP) is 11.4. The summed E-state index contributed by atoms with van der Waals surface area (Å²) < 4.78 is 0. The summed E-state index contributed by atoms with van der Waals surface area (Å²) >= 11 is 0. The zero-order chi connectivity index (χ0) is 36.1. The average Bonchev–Trinajstić information content (AvgIpc) is 3.27. The van der Waals surface area contributed by atoms with Crippen molar-refractivity contribution in [3.05, 3.63) is 194 Å². The molecular weight excluding hydrogens is 661 g/mol. The van der Waals surface area contributed by atoms with Crippen molar-refractivity contribution in [2.75, 3.05) is 0 Å². The normalized spacial score (nSPS) is 11.0. The first-order valence-electron chi connectivity index (χ1n) is 17.8. The third-order valence-corrected chi connectivity index (χ3v) is 9.21. The molecule has 0 radical (unpaired) electrons. The average molecular weight is 693 g/mol. The number of pyridine rings is 3. The smallest absolute Gasteiger partial charge is 0.164 e. The molecule has 0 aliphatic rings. The van der Waals surface area contributed by atoms with Crippen molar-refractivity contribution >= 4 is 0 Å². The van der Waals surface area contributed by atoms with Crippen molar-refractivity contribution in [1.29, 1.82) is 0 Å². The zero-order valence-corrected chi connectivity index (χ0v) is 29.2. The Hall–Kier alpha value is -7.44. The topological polar surface area (TPSA) is 77.3 Å². The van der Waals surface area contributed by atoms with Crippen LogP contribution >= 0.6 is 0 Å². The Balaban J connectivity index is 1.04. The van der Waals surface area contributed by atoms with E-state index < -0.39 is 0 Å². The van der Waals surface area contributed by atoms with Crippen LogP contribution in [0.15, 0.2) is 194 Å². The molecule has 0 atom stereocenters. The van der Waals surface area contributed by atoms with Crippen LogP contribution in [-0.2, 0) is 0 Å². The molecule has 54 heavy (non-hydrogen) atoms. The van der Waals surface area contributed by atoms with Crippen LogP contribution in [0.1, 0.15) is 0 Å². The van der Waals surface area contributed by atoms with Crippen LogP contribution in [0.5, 0.6) is 0 Å². The molecule has 0 amide bonds. The van der Waals surface area contributed by atoms with Gasteiger partial charge in [0.1, 0.15) is 0 Å². The van der Waals surface area contributed by atoms with E-state index in [0.717, 1.165) is 73.0 Å². The van der Waals surface area contributed by atoms with Crippen LogP contribution in [0.4, 0.5) is 0 Å². The van der Waals surface area contributed by atoms with Crippen LogP contribution < -0.4 is 0 Å². The third kappa shape index (κ3) is 6.92. The Labute approximate surface area is 313 Å². The molecule has 0 unspecified atom stereocenters. The maximum absolute atomic E-state index is 5.10. The molecule has 9 aromatic rings. The van der Waals surface area contributed by atoms with Crippen molar-refractivity contribution < 1.29 is 0 Å². The minimum absolute atomic E-state index is 0.623. The third-order valence-electron chi connectivity index (χ3n) is 9.21. The first-order valence-corrected chi connectivity index (χ1v) is 17.8. The second-order valence-corrected chi connectivity index (χ2v) is 12.8. The van der Waals surface area contributed by atoms with Gasteiger partial charge in [-0.05, 0) is 64.7 Å². The van der Waals surface area contributed by atoms with Gasteiger partial charge < -0.3 is 0 Å². The molecule has 6 nitrogen and oxygen atoms in total. The molecule has 0 bridgehead atoms. The van der Waals surface area contributed by atoms with E-state index in [0.29, 0.717) is 17.5 Å². The van der Waals surface area contributed by atoms with Gasteiger partial charge in [0.25, 0.3) is 0 Å². The molecule has 4 heterocycles. The summed E-state index contributed by atoms with van der Waals surface area (Å²) in [5.74, 6) is 1.90. The lowest BCUT2D eigenvalue weighted by atomic mass is 10.00. The summed E-state index contributed by atoms with van der Waals surface area (Å²) in [5.41, 5.74) is 12.2. The van der Waals surface area contributed by atoms with Crippen molar-refractivity contribution in [1.82, 2.24) is 29.9 Å². The lowest BCUT2D eigenvalue weighted by Gasteiger charge is -2.11. The van der Waals surface area contributed by atoms with Crippen molar-refractivity contribution in [2.24, 2.45) is 0 Å². The Bertz CT molecular complexity index is 2380. The molecule has 0 aliphatic heterocycles. The highest BCUT2D eigenvalue weighted by atomic mass is 15.0. The molecule has 254 valence electrons. The van der Waals surface area contributed by atoms with Crippen LogP contribution in [-0.4, -0.2) is 29.9 Å². The highest BCUT2D eigenvalue weighted by molar-refractivity contribution is 5.77. The lowest BCUT2D eigenvalue weighted by Crippen LogP contribution is -2.00. The van der Waals surface area contributed by atoms with E-state index in [9.17, 15) is 0 Å². The fourth-order valence-electron chi connectivity index (χ4n) is 6.45. The number of benzene rings is 5. The van der Waals surface area contributed by atoms with Gasteiger partial charge in [0, 0.05) is 28.5 Å². The molecule has 4 aromatic heterocycles. The highest BCUT2D eigenvalue weighted by Crippen LogP contribution is 2.32. The molecule has 0 saturated heterocycles. The number of hydrogen-bond acceptors (Lipinski definition) is 6. The standard InChI is InChI=1S/C48H32N6/c1-4-14-33(15-5-1)40-31-44(42-22-10-11-29-49-42)51-45(32-40)43-24-13-23-41(50-43)35-27-25-34(26-28-35)38-20-12-21-39(30-38)48-53-46(36-16-6-2-7-17-36)52-47(54-48)37-18-8-3-9-19-37/h1-32H. The fraction of sp³-hybridized carbons (Fsp3) is 0. The molecule has 0 saturated carbocycles. The van der Waals surface area contributed by atoms with Gasteiger partial charge in [-0.2, -0.15) is 0 Å². The number of aromatic nitrogens is 6. The van der Waals surface area contributed by atoms with Crippen LogP contribution in [0, 0.1) is 0 Å². The summed E-state index contributed by atoms with van der Waals surface area (Å²) in [5, 5.41) is 0. The first kappa shape index (κ1) is 32.5. The second-order valence-electron chi connectivity index (χ2n) is 12.8. The Morgan fingerprint density at radius 2 is 0.667 bits per heavy atom. The highest BCUT2D eigenvalue weighted by Gasteiger charge is 2.14. The summed E-state index contributed by atoms with van der Waals surface area (Å²) in [6.07, 6.45) is 1.79. The van der Waals surface area contributed by atoms with Gasteiger partial charge in [-0.25, -0.2) is 24.9 Å². The second kappa shape index (κ2) is 14.7. The SMILES string of the molecule is c1ccc(-c2cc(-c3ccccn3)nc(-c3cccc(-c4ccc(-c5cccc(-c6nc(-c7ccccc7)nc(-c7ccccc7)n6)c5)cc4)n3)c2)cc1. The Kier molecular flexibility index (Phi) is 8.81. The zero-order valence-electron chi connectivity index (χ0n) is 29.2. The molecule has 5 aromatic carbocycles. The molecule has 0 N–H and O–H groups in total. The van der Waals surface area contributed by atoms with E-state index in [1.165, 1.54) is 0 Å². The lowest BCUT2D eigenvalue weighted by molar-refractivity contribution is 1.07. The van der Waals surface area contributed by atoms with Gasteiger partial charge in [0.05, 0.1) is 28.5 Å². The van der Waals surface area contributed by atoms with E-state index in [2.05, 4.69) is 65.6 Å². The largest absolute Gasteiger partial charge is 0.255 e. The number of rotatable bonds is 8. The van der Waals surface area contributed by atoms with E-state index >= 15 is 0 Å². The summed E-state index contributed by atoms with van der Waals surface area (Å²) in [7, 11) is 0. The summed E-state index contributed by atoms with van der Waals surface area (Å²) in [6.45, 7) is 0. The van der Waals surface area contributed by atoms with E-state index in [1.54, 1.807) is 6.20 Å². The van der Waals surface area contributed by atoms with Crippen molar-refractivity contribution in [3.63, 3.8) is 0 Å². The minimum Gasteiger partial charge on any atom is -0.255 e. The number of nitrogens with zero attached hydrogens (tertiary/aromatic N) is 6. The quantitative estimate of drug-likeness (QED) is 0.158. The van der Waals surface area contributed by atoms with E-state index in [4.69, 9.17) is 24.9 Å². The maximum Gasteiger partial charge on any atom is 0.164 e. The Morgan fingerprint density at radius 3 is 1.30 bits per heavy atom. The first-order chi connectivity index (χ1) is 26.7.